The first-order valence-electron chi connectivity index (χ1n) is 11.3. The van der Waals surface area contributed by atoms with Crippen molar-refractivity contribution in [3.63, 3.8) is 0 Å². The van der Waals surface area contributed by atoms with E-state index in [1.807, 2.05) is 84.9 Å². The van der Waals surface area contributed by atoms with Gasteiger partial charge in [-0.05, 0) is 50.9 Å². The van der Waals surface area contributed by atoms with Crippen molar-refractivity contribution >= 4 is 57.2 Å². The molecule has 5 rings (SSSR count). The van der Waals surface area contributed by atoms with Gasteiger partial charge in [0.05, 0.1) is 27.0 Å². The van der Waals surface area contributed by atoms with Gasteiger partial charge in [0.25, 0.3) is 11.4 Å². The fraction of sp³-hybridized carbons (Fsp3) is 0. The summed E-state index contributed by atoms with van der Waals surface area (Å²) in [6.45, 7) is 0. The lowest BCUT2D eigenvalue weighted by Gasteiger charge is -2.05. The lowest BCUT2D eigenvalue weighted by atomic mass is 10.0. The molecule has 0 aliphatic carbocycles. The lowest BCUT2D eigenvalue weighted by Crippen LogP contribution is -1.98. The molecule has 6 nitrogen and oxygen atoms in total. The van der Waals surface area contributed by atoms with Crippen molar-refractivity contribution in [1.29, 1.82) is 0 Å². The third-order valence-corrected chi connectivity index (χ3v) is 6.10. The average molecular weight is 473 g/mol. The predicted octanol–water partition coefficient (Wildman–Crippen LogP) is 8.15. The Kier molecular flexibility index (Phi) is 6.07. The van der Waals surface area contributed by atoms with Crippen LogP contribution < -0.4 is 0 Å². The van der Waals surface area contributed by atoms with E-state index in [2.05, 4.69) is 0 Å². The van der Waals surface area contributed by atoms with Gasteiger partial charge in [-0.3, -0.25) is 20.2 Å². The van der Waals surface area contributed by atoms with Crippen LogP contribution in [0, 0.1) is 20.2 Å². The molecule has 0 amide bonds. The molecular weight excluding hydrogens is 452 g/mol. The van der Waals surface area contributed by atoms with Crippen LogP contribution >= 0.6 is 0 Å². The standard InChI is InChI=1S/C30H20N2O4/c33-31(34)29-20-30(32(35)36)26(18-16-24-12-6-10-22-8-2-4-14-28(22)24)19-25(29)17-15-23-11-5-9-21-7-1-3-13-27(21)23/h1-20H/b17-15+,18-16+. The van der Waals surface area contributed by atoms with E-state index >= 15 is 0 Å². The van der Waals surface area contributed by atoms with Gasteiger partial charge in [0.15, 0.2) is 0 Å². The zero-order valence-electron chi connectivity index (χ0n) is 19.1. The van der Waals surface area contributed by atoms with Crippen LogP contribution in [0.4, 0.5) is 11.4 Å². The van der Waals surface area contributed by atoms with Crippen LogP contribution in [0.1, 0.15) is 22.3 Å². The molecule has 6 heteroatoms. The fourth-order valence-corrected chi connectivity index (χ4v) is 4.35. The summed E-state index contributed by atoms with van der Waals surface area (Å²) in [5.74, 6) is 0. The maximum absolute atomic E-state index is 11.8. The number of hydrogen-bond acceptors (Lipinski definition) is 4. The second kappa shape index (κ2) is 9.64. The highest BCUT2D eigenvalue weighted by molar-refractivity contribution is 5.95. The highest BCUT2D eigenvalue weighted by atomic mass is 16.6. The van der Waals surface area contributed by atoms with Gasteiger partial charge in [-0.25, -0.2) is 0 Å². The Labute approximate surface area is 206 Å². The molecule has 0 radical (unpaired) electrons. The van der Waals surface area contributed by atoms with Gasteiger partial charge in [-0.2, -0.15) is 0 Å². The molecule has 0 unspecified atom stereocenters. The molecule has 5 aromatic carbocycles. The summed E-state index contributed by atoms with van der Waals surface area (Å²) in [5, 5.41) is 27.7. The average Bonchev–Trinajstić information content (AvgIpc) is 2.90. The van der Waals surface area contributed by atoms with E-state index in [1.165, 1.54) is 6.07 Å². The molecular formula is C30H20N2O4. The molecule has 36 heavy (non-hydrogen) atoms. The number of hydrogen-bond donors (Lipinski definition) is 0. The van der Waals surface area contributed by atoms with Crippen LogP contribution in [0.15, 0.2) is 97.1 Å². The molecule has 174 valence electrons. The predicted molar refractivity (Wildman–Crippen MR) is 146 cm³/mol. The summed E-state index contributed by atoms with van der Waals surface area (Å²) in [6, 6.07) is 30.0. The second-order valence-corrected chi connectivity index (χ2v) is 8.29. The Morgan fingerprint density at radius 1 is 0.472 bits per heavy atom. The molecule has 0 spiro atoms. The zero-order chi connectivity index (χ0) is 25.1. The number of rotatable bonds is 6. The molecule has 0 saturated carbocycles. The third-order valence-electron chi connectivity index (χ3n) is 6.10. The molecule has 5 aromatic rings. The van der Waals surface area contributed by atoms with Gasteiger partial charge >= 0.3 is 0 Å². The van der Waals surface area contributed by atoms with Crippen molar-refractivity contribution < 1.29 is 9.85 Å². The molecule has 0 saturated heterocycles. The molecule has 0 fully saturated rings. The highest BCUT2D eigenvalue weighted by Crippen LogP contribution is 2.32. The number of nitro benzene ring substituents is 2. The van der Waals surface area contributed by atoms with E-state index in [-0.39, 0.29) is 22.5 Å². The minimum Gasteiger partial charge on any atom is -0.258 e. The summed E-state index contributed by atoms with van der Waals surface area (Å²) in [5.41, 5.74) is 1.73. The Morgan fingerprint density at radius 3 is 1.31 bits per heavy atom. The van der Waals surface area contributed by atoms with Gasteiger partial charge < -0.3 is 0 Å². The van der Waals surface area contributed by atoms with Crippen molar-refractivity contribution in [2.24, 2.45) is 0 Å². The zero-order valence-corrected chi connectivity index (χ0v) is 19.1. The number of nitro groups is 2. The summed E-state index contributed by atoms with van der Waals surface area (Å²) in [7, 11) is 0. The van der Waals surface area contributed by atoms with Crippen LogP contribution in [0.2, 0.25) is 0 Å². The molecule has 0 bridgehead atoms. The fourth-order valence-electron chi connectivity index (χ4n) is 4.35. The first-order chi connectivity index (χ1) is 17.5. The minimum atomic E-state index is -0.589. The van der Waals surface area contributed by atoms with E-state index in [0.717, 1.165) is 38.7 Å². The molecule has 0 aromatic heterocycles. The summed E-state index contributed by atoms with van der Waals surface area (Å²) >= 11 is 0. The van der Waals surface area contributed by atoms with Gasteiger partial charge in [-0.15, -0.1) is 0 Å². The minimum absolute atomic E-state index is 0.288. The van der Waals surface area contributed by atoms with E-state index in [0.29, 0.717) is 0 Å². The first-order valence-corrected chi connectivity index (χ1v) is 11.3. The summed E-state index contributed by atoms with van der Waals surface area (Å²) in [4.78, 5) is 22.4. The highest BCUT2D eigenvalue weighted by Gasteiger charge is 2.22. The lowest BCUT2D eigenvalue weighted by molar-refractivity contribution is -0.394. The van der Waals surface area contributed by atoms with Crippen molar-refractivity contribution in [3.8, 4) is 0 Å². The van der Waals surface area contributed by atoms with Gasteiger partial charge in [0.1, 0.15) is 0 Å². The quantitative estimate of drug-likeness (QED) is 0.142. The normalized spacial score (nSPS) is 11.6. The maximum atomic E-state index is 11.8. The second-order valence-electron chi connectivity index (χ2n) is 8.29. The Balaban J connectivity index is 1.61. The van der Waals surface area contributed by atoms with Crippen LogP contribution in [-0.4, -0.2) is 9.85 Å². The Bertz CT molecular complexity index is 1570. The van der Waals surface area contributed by atoms with Crippen molar-refractivity contribution in [2.45, 2.75) is 0 Å². The number of benzene rings is 5. The molecule has 0 aliphatic heterocycles. The Morgan fingerprint density at radius 2 is 0.861 bits per heavy atom. The van der Waals surface area contributed by atoms with E-state index in [1.54, 1.807) is 24.3 Å². The van der Waals surface area contributed by atoms with Crippen molar-refractivity contribution in [1.82, 2.24) is 0 Å². The number of fused-ring (bicyclic) bond motifs is 2. The van der Waals surface area contributed by atoms with E-state index < -0.39 is 9.85 Å². The molecule has 0 heterocycles. The third kappa shape index (κ3) is 4.48. The van der Waals surface area contributed by atoms with Crippen LogP contribution in [-0.2, 0) is 0 Å². The topological polar surface area (TPSA) is 86.3 Å². The largest absolute Gasteiger partial charge is 0.283 e. The SMILES string of the molecule is O=[N+]([O-])c1cc([N+](=O)[O-])c(/C=C/c2cccc3ccccc23)cc1/C=C/c1cccc2ccccc12. The van der Waals surface area contributed by atoms with Gasteiger partial charge in [0, 0.05) is 0 Å². The molecule has 0 N–H and O–H groups in total. The maximum Gasteiger partial charge on any atom is 0.283 e. The molecule has 0 atom stereocenters. The van der Waals surface area contributed by atoms with Gasteiger partial charge in [-0.1, -0.05) is 97.1 Å². The Hall–Kier alpha value is -5.10. The van der Waals surface area contributed by atoms with Crippen LogP contribution in [0.3, 0.4) is 0 Å². The van der Waals surface area contributed by atoms with Gasteiger partial charge in [0.2, 0.25) is 0 Å². The van der Waals surface area contributed by atoms with Crippen LogP contribution in [0.25, 0.3) is 45.8 Å². The number of nitrogens with zero attached hydrogens (tertiary/aromatic N) is 2. The monoisotopic (exact) mass is 472 g/mol. The first kappa shape index (κ1) is 22.7. The smallest absolute Gasteiger partial charge is 0.258 e. The van der Waals surface area contributed by atoms with Crippen LogP contribution in [0.5, 0.6) is 0 Å². The summed E-state index contributed by atoms with van der Waals surface area (Å²) < 4.78 is 0. The van der Waals surface area contributed by atoms with Crippen molar-refractivity contribution in [2.75, 3.05) is 0 Å². The van der Waals surface area contributed by atoms with Crippen molar-refractivity contribution in [3.05, 3.63) is 140 Å². The van der Waals surface area contributed by atoms with E-state index in [4.69, 9.17) is 0 Å². The summed E-state index contributed by atoms with van der Waals surface area (Å²) in [6.07, 6.45) is 6.88. The molecule has 0 aliphatic rings. The van der Waals surface area contributed by atoms with E-state index in [9.17, 15) is 20.2 Å².